The van der Waals surface area contributed by atoms with Crippen LogP contribution in [-0.2, 0) is 0 Å². The molecule has 0 bridgehead atoms. The Morgan fingerprint density at radius 3 is 2.43 bits per heavy atom. The average molecular weight is 301 g/mol. The molecule has 1 N–H and O–H groups in total. The van der Waals surface area contributed by atoms with Crippen molar-refractivity contribution in [2.75, 3.05) is 0 Å². The van der Waals surface area contributed by atoms with Crippen LogP contribution in [0.2, 0.25) is 0 Å². The van der Waals surface area contributed by atoms with Gasteiger partial charge in [-0.05, 0) is 30.7 Å². The number of hydrogen-bond donors (Lipinski definition) is 1. The Balaban J connectivity index is 1.96. The molecule has 112 valence electrons. The van der Waals surface area contributed by atoms with Gasteiger partial charge in [-0.2, -0.15) is 5.10 Å². The molecule has 2 aromatic carbocycles. The Hall–Kier alpha value is -3.14. The van der Waals surface area contributed by atoms with Gasteiger partial charge in [-0.25, -0.2) is 9.50 Å². The van der Waals surface area contributed by atoms with Crippen molar-refractivity contribution >= 4 is 5.65 Å². The first-order valence-corrected chi connectivity index (χ1v) is 7.43. The summed E-state index contributed by atoms with van der Waals surface area (Å²) in [5.74, 6) is 0.230. The summed E-state index contributed by atoms with van der Waals surface area (Å²) in [7, 11) is 0. The van der Waals surface area contributed by atoms with Crippen molar-refractivity contribution in [3.8, 4) is 28.3 Å². The van der Waals surface area contributed by atoms with Crippen LogP contribution >= 0.6 is 0 Å². The Kier molecular flexibility index (Phi) is 3.08. The van der Waals surface area contributed by atoms with Crippen molar-refractivity contribution in [3.05, 3.63) is 72.4 Å². The van der Waals surface area contributed by atoms with Crippen molar-refractivity contribution in [2.24, 2.45) is 0 Å². The van der Waals surface area contributed by atoms with Crippen LogP contribution in [0.1, 0.15) is 5.56 Å². The summed E-state index contributed by atoms with van der Waals surface area (Å²) in [5.41, 5.74) is 5.43. The van der Waals surface area contributed by atoms with E-state index in [4.69, 9.17) is 5.10 Å². The Labute approximate surface area is 133 Å². The molecule has 0 spiro atoms. The number of phenols is 1. The standard InChI is InChI=1S/C19H15N3O/c1-13-6-2-3-7-14(13)16-12-19-20-11-10-17(22(19)21-16)15-8-4-5-9-18(15)23/h2-12,23H,1H3. The molecule has 2 heterocycles. The monoisotopic (exact) mass is 301 g/mol. The summed E-state index contributed by atoms with van der Waals surface area (Å²) >= 11 is 0. The summed E-state index contributed by atoms with van der Waals surface area (Å²) < 4.78 is 1.77. The van der Waals surface area contributed by atoms with E-state index in [0.717, 1.165) is 28.2 Å². The molecule has 4 nitrogen and oxygen atoms in total. The number of para-hydroxylation sites is 1. The number of aromatic nitrogens is 3. The molecule has 2 aromatic heterocycles. The molecular formula is C19H15N3O. The molecule has 0 amide bonds. The predicted molar refractivity (Wildman–Crippen MR) is 90.3 cm³/mol. The maximum absolute atomic E-state index is 10.1. The van der Waals surface area contributed by atoms with Gasteiger partial charge >= 0.3 is 0 Å². The maximum atomic E-state index is 10.1. The molecule has 4 rings (SSSR count). The van der Waals surface area contributed by atoms with E-state index >= 15 is 0 Å². The Morgan fingerprint density at radius 1 is 0.913 bits per heavy atom. The highest BCUT2D eigenvalue weighted by molar-refractivity contribution is 5.72. The molecular weight excluding hydrogens is 286 g/mol. The normalized spacial score (nSPS) is 11.0. The van der Waals surface area contributed by atoms with E-state index in [-0.39, 0.29) is 5.75 Å². The van der Waals surface area contributed by atoms with E-state index in [2.05, 4.69) is 24.0 Å². The predicted octanol–water partition coefficient (Wildman–Crippen LogP) is 4.08. The number of benzene rings is 2. The summed E-state index contributed by atoms with van der Waals surface area (Å²) in [6, 6.07) is 19.2. The lowest BCUT2D eigenvalue weighted by atomic mass is 10.1. The zero-order valence-electron chi connectivity index (χ0n) is 12.6. The van der Waals surface area contributed by atoms with Gasteiger partial charge in [0.15, 0.2) is 5.65 Å². The third-order valence-corrected chi connectivity index (χ3v) is 3.96. The van der Waals surface area contributed by atoms with Crippen molar-refractivity contribution in [2.45, 2.75) is 6.92 Å². The summed E-state index contributed by atoms with van der Waals surface area (Å²) in [5, 5.41) is 14.8. The minimum Gasteiger partial charge on any atom is -0.507 e. The van der Waals surface area contributed by atoms with Crippen molar-refractivity contribution in [3.63, 3.8) is 0 Å². The lowest BCUT2D eigenvalue weighted by molar-refractivity contribution is 0.477. The first-order chi connectivity index (χ1) is 11.2. The number of nitrogens with zero attached hydrogens (tertiary/aromatic N) is 3. The number of fused-ring (bicyclic) bond motifs is 1. The molecule has 0 fully saturated rings. The Morgan fingerprint density at radius 2 is 1.65 bits per heavy atom. The van der Waals surface area contributed by atoms with Crippen LogP contribution in [0.25, 0.3) is 28.2 Å². The van der Waals surface area contributed by atoms with Crippen LogP contribution in [0, 0.1) is 6.92 Å². The van der Waals surface area contributed by atoms with Gasteiger partial charge in [0.05, 0.1) is 11.4 Å². The molecule has 4 heteroatoms. The molecule has 0 unspecified atom stereocenters. The quantitative estimate of drug-likeness (QED) is 0.607. The smallest absolute Gasteiger partial charge is 0.156 e. The summed E-state index contributed by atoms with van der Waals surface area (Å²) in [6.45, 7) is 2.07. The van der Waals surface area contributed by atoms with Crippen molar-refractivity contribution in [1.82, 2.24) is 14.6 Å². The van der Waals surface area contributed by atoms with Gasteiger partial charge in [-0.1, -0.05) is 36.4 Å². The number of hydrogen-bond acceptors (Lipinski definition) is 3. The lowest BCUT2D eigenvalue weighted by Gasteiger charge is -2.06. The van der Waals surface area contributed by atoms with Gasteiger partial charge in [0.25, 0.3) is 0 Å². The van der Waals surface area contributed by atoms with Gasteiger partial charge < -0.3 is 5.11 Å². The second kappa shape index (κ2) is 5.25. The minimum atomic E-state index is 0.230. The van der Waals surface area contributed by atoms with E-state index in [1.54, 1.807) is 22.8 Å². The highest BCUT2D eigenvalue weighted by Crippen LogP contribution is 2.30. The maximum Gasteiger partial charge on any atom is 0.156 e. The molecule has 0 aliphatic rings. The second-order valence-electron chi connectivity index (χ2n) is 5.46. The zero-order valence-corrected chi connectivity index (χ0v) is 12.6. The van der Waals surface area contributed by atoms with Crippen molar-refractivity contribution < 1.29 is 5.11 Å². The van der Waals surface area contributed by atoms with E-state index in [0.29, 0.717) is 0 Å². The molecule has 4 aromatic rings. The second-order valence-corrected chi connectivity index (χ2v) is 5.46. The topological polar surface area (TPSA) is 50.4 Å². The fraction of sp³-hybridized carbons (Fsp3) is 0.0526. The fourth-order valence-corrected chi connectivity index (χ4v) is 2.78. The zero-order chi connectivity index (χ0) is 15.8. The van der Waals surface area contributed by atoms with E-state index < -0.39 is 0 Å². The van der Waals surface area contributed by atoms with Crippen molar-refractivity contribution in [1.29, 1.82) is 0 Å². The number of rotatable bonds is 2. The van der Waals surface area contributed by atoms with E-state index in [9.17, 15) is 5.11 Å². The number of phenolic OH excluding ortho intramolecular Hbond substituents is 1. The Bertz CT molecular complexity index is 1000. The first-order valence-electron chi connectivity index (χ1n) is 7.43. The molecule has 23 heavy (non-hydrogen) atoms. The summed E-state index contributed by atoms with van der Waals surface area (Å²) in [4.78, 5) is 4.39. The van der Waals surface area contributed by atoms with Crippen LogP contribution in [0.5, 0.6) is 5.75 Å². The molecule has 0 atom stereocenters. The molecule has 0 saturated heterocycles. The van der Waals surface area contributed by atoms with Crippen LogP contribution in [-0.4, -0.2) is 19.7 Å². The first kappa shape index (κ1) is 13.5. The van der Waals surface area contributed by atoms with Gasteiger partial charge in [-0.15, -0.1) is 0 Å². The van der Waals surface area contributed by atoms with Crippen LogP contribution in [0.15, 0.2) is 66.9 Å². The largest absolute Gasteiger partial charge is 0.507 e. The van der Waals surface area contributed by atoms with Crippen LogP contribution < -0.4 is 0 Å². The molecule has 0 aliphatic heterocycles. The SMILES string of the molecule is Cc1ccccc1-c1cc2nccc(-c3ccccc3O)n2n1. The highest BCUT2D eigenvalue weighted by Gasteiger charge is 2.12. The fourth-order valence-electron chi connectivity index (χ4n) is 2.78. The highest BCUT2D eigenvalue weighted by atomic mass is 16.3. The van der Waals surface area contributed by atoms with Crippen LogP contribution in [0.3, 0.4) is 0 Å². The lowest BCUT2D eigenvalue weighted by Crippen LogP contribution is -1.96. The minimum absolute atomic E-state index is 0.230. The van der Waals surface area contributed by atoms with E-state index in [1.165, 1.54) is 5.56 Å². The van der Waals surface area contributed by atoms with Gasteiger partial charge in [0.1, 0.15) is 5.75 Å². The van der Waals surface area contributed by atoms with Gasteiger partial charge in [-0.3, -0.25) is 0 Å². The molecule has 0 saturated carbocycles. The molecule has 0 radical (unpaired) electrons. The third kappa shape index (κ3) is 2.25. The summed E-state index contributed by atoms with van der Waals surface area (Å²) in [6.07, 6.45) is 1.74. The average Bonchev–Trinajstić information content (AvgIpc) is 3.00. The number of aryl methyl sites for hydroxylation is 1. The molecule has 0 aliphatic carbocycles. The van der Waals surface area contributed by atoms with Crippen LogP contribution in [0.4, 0.5) is 0 Å². The van der Waals surface area contributed by atoms with Gasteiger partial charge in [0.2, 0.25) is 0 Å². The third-order valence-electron chi connectivity index (χ3n) is 3.96. The number of aromatic hydroxyl groups is 1. The van der Waals surface area contributed by atoms with Gasteiger partial charge in [0, 0.05) is 23.4 Å². The van der Waals surface area contributed by atoms with E-state index in [1.807, 2.05) is 36.4 Å².